The van der Waals surface area contributed by atoms with Gasteiger partial charge in [-0.3, -0.25) is 0 Å². The lowest BCUT2D eigenvalue weighted by Crippen LogP contribution is -2.52. The molecular formula is C19H23ClN4O2. The van der Waals surface area contributed by atoms with Crippen LogP contribution in [0.1, 0.15) is 6.42 Å². The van der Waals surface area contributed by atoms with Crippen LogP contribution in [0.15, 0.2) is 48.7 Å². The van der Waals surface area contributed by atoms with Crippen molar-refractivity contribution >= 4 is 23.4 Å². The summed E-state index contributed by atoms with van der Waals surface area (Å²) in [5.74, 6) is 1.63. The van der Waals surface area contributed by atoms with Crippen molar-refractivity contribution < 1.29 is 9.53 Å². The van der Waals surface area contributed by atoms with Crippen molar-refractivity contribution in [3.8, 4) is 5.75 Å². The molecule has 1 aromatic heterocycles. The third-order valence-electron chi connectivity index (χ3n) is 4.23. The van der Waals surface area contributed by atoms with Gasteiger partial charge in [0.2, 0.25) is 0 Å². The first-order chi connectivity index (χ1) is 12.7. The largest absolute Gasteiger partial charge is 0.492 e. The molecule has 1 fully saturated rings. The minimum atomic E-state index is -0.0246. The van der Waals surface area contributed by atoms with Crippen LogP contribution in [0, 0.1) is 0 Å². The zero-order valence-corrected chi connectivity index (χ0v) is 15.4. The fraction of sp³-hybridized carbons (Fsp3) is 0.368. The molecular weight excluding hydrogens is 352 g/mol. The van der Waals surface area contributed by atoms with Crippen molar-refractivity contribution in [2.24, 2.45) is 0 Å². The average Bonchev–Trinajstić information content (AvgIpc) is 2.70. The minimum Gasteiger partial charge on any atom is -0.492 e. The van der Waals surface area contributed by atoms with Gasteiger partial charge in [0.1, 0.15) is 11.6 Å². The number of hydrogen-bond acceptors (Lipinski definition) is 4. The van der Waals surface area contributed by atoms with E-state index in [-0.39, 0.29) is 6.03 Å². The molecule has 7 heteroatoms. The quantitative estimate of drug-likeness (QED) is 0.789. The van der Waals surface area contributed by atoms with Gasteiger partial charge in [0, 0.05) is 38.9 Å². The van der Waals surface area contributed by atoms with Crippen LogP contribution in [0.25, 0.3) is 0 Å². The Balaban J connectivity index is 1.33. The van der Waals surface area contributed by atoms with E-state index in [1.807, 2.05) is 41.3 Å². The predicted molar refractivity (Wildman–Crippen MR) is 103 cm³/mol. The lowest BCUT2D eigenvalue weighted by molar-refractivity contribution is 0.193. The first kappa shape index (κ1) is 18.3. The molecule has 0 bridgehead atoms. The summed E-state index contributed by atoms with van der Waals surface area (Å²) in [6.45, 7) is 4.05. The number of piperazine rings is 1. The van der Waals surface area contributed by atoms with E-state index in [2.05, 4.69) is 15.2 Å². The van der Waals surface area contributed by atoms with Crippen LogP contribution in [0.5, 0.6) is 5.75 Å². The second-order valence-electron chi connectivity index (χ2n) is 6.03. The highest BCUT2D eigenvalue weighted by molar-refractivity contribution is 6.32. The predicted octanol–water partition coefficient (Wildman–Crippen LogP) is 3.04. The summed E-state index contributed by atoms with van der Waals surface area (Å²) in [5.41, 5.74) is 0. The maximum absolute atomic E-state index is 12.2. The first-order valence-electron chi connectivity index (χ1n) is 8.80. The number of anilines is 1. The molecule has 2 amide bonds. The Kier molecular flexibility index (Phi) is 6.55. The molecule has 1 saturated heterocycles. The number of para-hydroxylation sites is 1. The van der Waals surface area contributed by atoms with Gasteiger partial charge in [-0.05, 0) is 30.7 Å². The molecule has 2 aromatic rings. The molecule has 1 N–H and O–H groups in total. The van der Waals surface area contributed by atoms with E-state index >= 15 is 0 Å². The lowest BCUT2D eigenvalue weighted by atomic mass is 10.3. The van der Waals surface area contributed by atoms with Crippen molar-refractivity contribution in [3.63, 3.8) is 0 Å². The summed E-state index contributed by atoms with van der Waals surface area (Å²) in [7, 11) is 0. The van der Waals surface area contributed by atoms with E-state index in [0.717, 1.165) is 25.3 Å². The molecule has 26 heavy (non-hydrogen) atoms. The Morgan fingerprint density at radius 1 is 1.12 bits per heavy atom. The molecule has 1 aromatic carbocycles. The van der Waals surface area contributed by atoms with Crippen LogP contribution in [0.4, 0.5) is 10.6 Å². The van der Waals surface area contributed by atoms with Crippen LogP contribution < -0.4 is 15.0 Å². The number of halogens is 1. The topological polar surface area (TPSA) is 57.7 Å². The van der Waals surface area contributed by atoms with Crippen LogP contribution in [0.3, 0.4) is 0 Å². The number of pyridine rings is 1. The van der Waals surface area contributed by atoms with E-state index in [1.54, 1.807) is 12.3 Å². The van der Waals surface area contributed by atoms with Gasteiger partial charge in [0.15, 0.2) is 0 Å². The summed E-state index contributed by atoms with van der Waals surface area (Å²) in [6.07, 6.45) is 2.52. The number of urea groups is 1. The van der Waals surface area contributed by atoms with Gasteiger partial charge in [-0.1, -0.05) is 29.8 Å². The number of nitrogens with one attached hydrogen (secondary N) is 1. The molecule has 0 aliphatic carbocycles. The van der Waals surface area contributed by atoms with Crippen LogP contribution in [0.2, 0.25) is 5.02 Å². The number of nitrogens with zero attached hydrogens (tertiary/aromatic N) is 3. The zero-order chi connectivity index (χ0) is 18.2. The molecule has 0 radical (unpaired) electrons. The number of benzene rings is 1. The highest BCUT2D eigenvalue weighted by Gasteiger charge is 2.21. The Bertz CT molecular complexity index is 706. The van der Waals surface area contributed by atoms with Crippen LogP contribution >= 0.6 is 11.6 Å². The number of carbonyl (C=O) groups is 1. The van der Waals surface area contributed by atoms with Crippen molar-refractivity contribution in [1.29, 1.82) is 0 Å². The second kappa shape index (κ2) is 9.29. The van der Waals surface area contributed by atoms with Gasteiger partial charge in [0.25, 0.3) is 0 Å². The average molecular weight is 375 g/mol. The standard InChI is InChI=1S/C19H23ClN4O2/c20-16-6-1-2-7-17(16)26-15-5-10-22-19(25)24-13-11-23(12-14-24)18-8-3-4-9-21-18/h1-4,6-9H,5,10-15H2,(H,22,25). The smallest absolute Gasteiger partial charge is 0.317 e. The molecule has 0 unspecified atom stereocenters. The molecule has 1 aliphatic heterocycles. The molecule has 0 spiro atoms. The summed E-state index contributed by atoms with van der Waals surface area (Å²) >= 11 is 6.04. The number of carbonyl (C=O) groups excluding carboxylic acids is 1. The zero-order valence-electron chi connectivity index (χ0n) is 14.6. The highest BCUT2D eigenvalue weighted by Crippen LogP contribution is 2.23. The van der Waals surface area contributed by atoms with E-state index < -0.39 is 0 Å². The normalized spacial score (nSPS) is 14.2. The number of aromatic nitrogens is 1. The Morgan fingerprint density at radius 3 is 2.62 bits per heavy atom. The Labute approximate surface area is 158 Å². The van der Waals surface area contributed by atoms with E-state index in [4.69, 9.17) is 16.3 Å². The molecule has 2 heterocycles. The van der Waals surface area contributed by atoms with Gasteiger partial charge >= 0.3 is 6.03 Å². The molecule has 1 aliphatic rings. The summed E-state index contributed by atoms with van der Waals surface area (Å²) < 4.78 is 5.62. The van der Waals surface area contributed by atoms with Crippen LogP contribution in [-0.4, -0.2) is 55.2 Å². The van der Waals surface area contributed by atoms with Crippen molar-refractivity contribution in [3.05, 3.63) is 53.7 Å². The summed E-state index contributed by atoms with van der Waals surface area (Å²) in [6, 6.07) is 13.2. The third-order valence-corrected chi connectivity index (χ3v) is 4.54. The fourth-order valence-electron chi connectivity index (χ4n) is 2.80. The fourth-order valence-corrected chi connectivity index (χ4v) is 2.99. The third kappa shape index (κ3) is 5.02. The van der Waals surface area contributed by atoms with E-state index in [1.165, 1.54) is 0 Å². The van der Waals surface area contributed by atoms with Gasteiger partial charge in [-0.25, -0.2) is 9.78 Å². The number of rotatable bonds is 6. The maximum atomic E-state index is 12.2. The van der Waals surface area contributed by atoms with Crippen LogP contribution in [-0.2, 0) is 0 Å². The number of amides is 2. The molecule has 138 valence electrons. The van der Waals surface area contributed by atoms with Gasteiger partial charge < -0.3 is 19.9 Å². The van der Waals surface area contributed by atoms with Crippen molar-refractivity contribution in [2.75, 3.05) is 44.2 Å². The number of ether oxygens (including phenoxy) is 1. The monoisotopic (exact) mass is 374 g/mol. The second-order valence-corrected chi connectivity index (χ2v) is 6.43. The minimum absolute atomic E-state index is 0.0246. The molecule has 3 rings (SSSR count). The Morgan fingerprint density at radius 2 is 1.88 bits per heavy atom. The SMILES string of the molecule is O=C(NCCCOc1ccccc1Cl)N1CCN(c2ccccn2)CC1. The van der Waals surface area contributed by atoms with Crippen molar-refractivity contribution in [2.45, 2.75) is 6.42 Å². The lowest BCUT2D eigenvalue weighted by Gasteiger charge is -2.35. The van der Waals surface area contributed by atoms with Gasteiger partial charge in [-0.15, -0.1) is 0 Å². The van der Waals surface area contributed by atoms with E-state index in [9.17, 15) is 4.79 Å². The van der Waals surface area contributed by atoms with E-state index in [0.29, 0.717) is 37.0 Å². The Hall–Kier alpha value is -2.47. The maximum Gasteiger partial charge on any atom is 0.317 e. The molecule has 6 nitrogen and oxygen atoms in total. The first-order valence-corrected chi connectivity index (χ1v) is 9.18. The molecule has 0 atom stereocenters. The highest BCUT2D eigenvalue weighted by atomic mass is 35.5. The van der Waals surface area contributed by atoms with Gasteiger partial charge in [-0.2, -0.15) is 0 Å². The van der Waals surface area contributed by atoms with Crippen molar-refractivity contribution in [1.82, 2.24) is 15.2 Å². The van der Waals surface area contributed by atoms with Gasteiger partial charge in [0.05, 0.1) is 11.6 Å². The molecule has 0 saturated carbocycles. The number of hydrogen-bond donors (Lipinski definition) is 1. The summed E-state index contributed by atoms with van der Waals surface area (Å²) in [4.78, 5) is 20.6. The summed E-state index contributed by atoms with van der Waals surface area (Å²) in [5, 5.41) is 3.55.